The van der Waals surface area contributed by atoms with Crippen LogP contribution in [0.15, 0.2) is 42.5 Å². The van der Waals surface area contributed by atoms with Gasteiger partial charge in [-0.2, -0.15) is 0 Å². The van der Waals surface area contributed by atoms with E-state index in [-0.39, 0.29) is 5.56 Å². The molecular formula is C16H13F2N3O. The zero-order chi connectivity index (χ0) is 15.7. The quantitative estimate of drug-likeness (QED) is 0.779. The standard InChI is InChI=1S/C16H13F2N3O/c1-9(15-20-13-4-2-3-5-14(13)21-15)19-16(22)11-7-6-10(17)8-12(11)18/h2-9H,1H3,(H,19,22)(H,20,21)/t9-/m1/s1. The summed E-state index contributed by atoms with van der Waals surface area (Å²) in [5.41, 5.74) is 1.43. The second kappa shape index (κ2) is 5.55. The van der Waals surface area contributed by atoms with Crippen molar-refractivity contribution in [2.24, 2.45) is 0 Å². The number of hydrogen-bond acceptors (Lipinski definition) is 2. The largest absolute Gasteiger partial charge is 0.342 e. The highest BCUT2D eigenvalue weighted by Gasteiger charge is 2.17. The summed E-state index contributed by atoms with van der Waals surface area (Å²) < 4.78 is 26.5. The topological polar surface area (TPSA) is 57.8 Å². The molecule has 3 rings (SSSR count). The van der Waals surface area contributed by atoms with E-state index in [9.17, 15) is 13.6 Å². The van der Waals surface area contributed by atoms with Gasteiger partial charge in [0.2, 0.25) is 0 Å². The van der Waals surface area contributed by atoms with E-state index in [1.54, 1.807) is 6.92 Å². The number of rotatable bonds is 3. The molecule has 2 N–H and O–H groups in total. The van der Waals surface area contributed by atoms with Gasteiger partial charge in [0.05, 0.1) is 22.6 Å². The van der Waals surface area contributed by atoms with Crippen LogP contribution in [0.25, 0.3) is 11.0 Å². The minimum Gasteiger partial charge on any atom is -0.342 e. The molecule has 6 heteroatoms. The average molecular weight is 301 g/mol. The molecule has 1 amide bonds. The summed E-state index contributed by atoms with van der Waals surface area (Å²) in [6.45, 7) is 1.73. The van der Waals surface area contributed by atoms with E-state index in [0.717, 1.165) is 23.2 Å². The minimum atomic E-state index is -0.894. The molecule has 1 heterocycles. The Labute approximate surface area is 125 Å². The summed E-state index contributed by atoms with van der Waals surface area (Å²) >= 11 is 0. The molecule has 22 heavy (non-hydrogen) atoms. The number of nitrogens with one attached hydrogen (secondary N) is 2. The Balaban J connectivity index is 1.81. The lowest BCUT2D eigenvalue weighted by atomic mass is 10.2. The Morgan fingerprint density at radius 3 is 2.73 bits per heavy atom. The molecule has 2 aromatic carbocycles. The third-order valence-electron chi connectivity index (χ3n) is 3.34. The molecule has 0 fully saturated rings. The summed E-state index contributed by atoms with van der Waals surface area (Å²) in [4.78, 5) is 19.5. The lowest BCUT2D eigenvalue weighted by Gasteiger charge is -2.11. The number of nitrogens with zero attached hydrogens (tertiary/aromatic N) is 1. The molecule has 0 aliphatic heterocycles. The third kappa shape index (κ3) is 2.67. The van der Waals surface area contributed by atoms with E-state index in [1.807, 2.05) is 24.3 Å². The van der Waals surface area contributed by atoms with Crippen molar-refractivity contribution in [3.63, 3.8) is 0 Å². The maximum Gasteiger partial charge on any atom is 0.254 e. The number of benzene rings is 2. The molecule has 0 radical (unpaired) electrons. The SMILES string of the molecule is C[C@@H](NC(=O)c1ccc(F)cc1F)c1nc2ccccc2[nH]1. The predicted molar refractivity (Wildman–Crippen MR) is 78.3 cm³/mol. The number of aromatic amines is 1. The van der Waals surface area contributed by atoms with Gasteiger partial charge in [-0.25, -0.2) is 13.8 Å². The third-order valence-corrected chi connectivity index (χ3v) is 3.34. The van der Waals surface area contributed by atoms with Gasteiger partial charge >= 0.3 is 0 Å². The van der Waals surface area contributed by atoms with Crippen molar-refractivity contribution in [2.75, 3.05) is 0 Å². The van der Waals surface area contributed by atoms with Crippen LogP contribution in [0.4, 0.5) is 8.78 Å². The fourth-order valence-corrected chi connectivity index (χ4v) is 2.19. The first kappa shape index (κ1) is 14.2. The lowest BCUT2D eigenvalue weighted by Crippen LogP contribution is -2.28. The Morgan fingerprint density at radius 1 is 1.23 bits per heavy atom. The maximum absolute atomic E-state index is 13.6. The van der Waals surface area contributed by atoms with Crippen LogP contribution < -0.4 is 5.32 Å². The highest BCUT2D eigenvalue weighted by molar-refractivity contribution is 5.94. The van der Waals surface area contributed by atoms with Gasteiger partial charge in [0, 0.05) is 6.07 Å². The van der Waals surface area contributed by atoms with Crippen LogP contribution in [0.3, 0.4) is 0 Å². The van der Waals surface area contributed by atoms with Crippen LogP contribution in [0.1, 0.15) is 29.1 Å². The van der Waals surface area contributed by atoms with E-state index < -0.39 is 23.6 Å². The molecule has 112 valence electrons. The van der Waals surface area contributed by atoms with Crippen LogP contribution in [-0.2, 0) is 0 Å². The van der Waals surface area contributed by atoms with Gasteiger partial charge in [-0.1, -0.05) is 12.1 Å². The number of imidazole rings is 1. The molecule has 1 aromatic heterocycles. The van der Waals surface area contributed by atoms with Crippen molar-refractivity contribution < 1.29 is 13.6 Å². The second-order valence-electron chi connectivity index (χ2n) is 4.96. The fraction of sp³-hybridized carbons (Fsp3) is 0.125. The summed E-state index contributed by atoms with van der Waals surface area (Å²) in [6.07, 6.45) is 0. The number of carbonyl (C=O) groups is 1. The van der Waals surface area contributed by atoms with Gasteiger partial charge in [-0.15, -0.1) is 0 Å². The number of hydrogen-bond donors (Lipinski definition) is 2. The van der Waals surface area contributed by atoms with E-state index in [0.29, 0.717) is 11.9 Å². The van der Waals surface area contributed by atoms with Crippen LogP contribution in [0, 0.1) is 11.6 Å². The number of amides is 1. The minimum absolute atomic E-state index is 0.204. The first-order valence-corrected chi connectivity index (χ1v) is 6.75. The Morgan fingerprint density at radius 2 is 2.00 bits per heavy atom. The van der Waals surface area contributed by atoms with Gasteiger partial charge in [0.1, 0.15) is 17.5 Å². The average Bonchev–Trinajstić information content (AvgIpc) is 2.91. The Kier molecular flexibility index (Phi) is 3.58. The van der Waals surface area contributed by atoms with Crippen molar-refractivity contribution in [1.29, 1.82) is 0 Å². The zero-order valence-corrected chi connectivity index (χ0v) is 11.7. The number of fused-ring (bicyclic) bond motifs is 1. The first-order chi connectivity index (χ1) is 10.5. The van der Waals surface area contributed by atoms with Crippen molar-refractivity contribution in [1.82, 2.24) is 15.3 Å². The van der Waals surface area contributed by atoms with Gasteiger partial charge in [0.25, 0.3) is 5.91 Å². The monoisotopic (exact) mass is 301 g/mol. The highest BCUT2D eigenvalue weighted by Crippen LogP contribution is 2.17. The molecule has 0 unspecified atom stereocenters. The second-order valence-corrected chi connectivity index (χ2v) is 4.96. The van der Waals surface area contributed by atoms with Gasteiger partial charge in [-0.3, -0.25) is 4.79 Å². The number of aromatic nitrogens is 2. The smallest absolute Gasteiger partial charge is 0.254 e. The van der Waals surface area contributed by atoms with Crippen molar-refractivity contribution in [3.8, 4) is 0 Å². The summed E-state index contributed by atoms with van der Waals surface area (Å²) in [6, 6.07) is 9.87. The normalized spacial score (nSPS) is 12.3. The summed E-state index contributed by atoms with van der Waals surface area (Å²) in [5, 5.41) is 2.64. The molecule has 0 bridgehead atoms. The van der Waals surface area contributed by atoms with E-state index in [1.165, 1.54) is 0 Å². The van der Waals surface area contributed by atoms with Crippen molar-refractivity contribution >= 4 is 16.9 Å². The number of carbonyl (C=O) groups excluding carboxylic acids is 1. The number of halogens is 2. The Hall–Kier alpha value is -2.76. The molecule has 0 aliphatic carbocycles. The molecule has 4 nitrogen and oxygen atoms in total. The molecule has 1 atom stereocenters. The van der Waals surface area contributed by atoms with Crippen molar-refractivity contribution in [2.45, 2.75) is 13.0 Å². The molecule has 3 aromatic rings. The van der Waals surface area contributed by atoms with Crippen LogP contribution >= 0.6 is 0 Å². The van der Waals surface area contributed by atoms with Gasteiger partial charge in [-0.05, 0) is 31.2 Å². The van der Waals surface area contributed by atoms with Gasteiger partial charge < -0.3 is 10.3 Å². The zero-order valence-electron chi connectivity index (χ0n) is 11.7. The lowest BCUT2D eigenvalue weighted by molar-refractivity contribution is 0.0934. The molecule has 0 saturated carbocycles. The maximum atomic E-state index is 13.6. The molecule has 0 saturated heterocycles. The highest BCUT2D eigenvalue weighted by atomic mass is 19.1. The number of H-pyrrole nitrogens is 1. The van der Waals surface area contributed by atoms with Gasteiger partial charge in [0.15, 0.2) is 0 Å². The fourth-order valence-electron chi connectivity index (χ4n) is 2.19. The number of para-hydroxylation sites is 2. The summed E-state index contributed by atoms with van der Waals surface area (Å²) in [7, 11) is 0. The molecular weight excluding hydrogens is 288 g/mol. The Bertz CT molecular complexity index is 811. The van der Waals surface area contributed by atoms with Crippen LogP contribution in [0.2, 0.25) is 0 Å². The van der Waals surface area contributed by atoms with Crippen LogP contribution in [-0.4, -0.2) is 15.9 Å². The van der Waals surface area contributed by atoms with E-state index >= 15 is 0 Å². The van der Waals surface area contributed by atoms with E-state index in [2.05, 4.69) is 15.3 Å². The first-order valence-electron chi connectivity index (χ1n) is 6.75. The molecule has 0 spiro atoms. The predicted octanol–water partition coefficient (Wildman–Crippen LogP) is 3.33. The van der Waals surface area contributed by atoms with Crippen LogP contribution in [0.5, 0.6) is 0 Å². The summed E-state index contributed by atoms with van der Waals surface area (Å²) in [5.74, 6) is -1.67. The molecule has 0 aliphatic rings. The van der Waals surface area contributed by atoms with Crippen molar-refractivity contribution in [3.05, 3.63) is 65.5 Å². The van der Waals surface area contributed by atoms with E-state index in [4.69, 9.17) is 0 Å².